The summed E-state index contributed by atoms with van der Waals surface area (Å²) >= 11 is 0. The highest BCUT2D eigenvalue weighted by Gasteiger charge is 2.49. The van der Waals surface area contributed by atoms with Crippen LogP contribution in [0.5, 0.6) is 0 Å². The van der Waals surface area contributed by atoms with Crippen molar-refractivity contribution in [2.75, 3.05) is 6.61 Å². The van der Waals surface area contributed by atoms with Gasteiger partial charge >= 0.3 is 0 Å². The Morgan fingerprint density at radius 2 is 1.91 bits per heavy atom. The minimum absolute atomic E-state index is 0.00998. The fourth-order valence-corrected chi connectivity index (χ4v) is 4.71. The van der Waals surface area contributed by atoms with Crippen molar-refractivity contribution in [3.63, 3.8) is 0 Å². The van der Waals surface area contributed by atoms with Crippen molar-refractivity contribution in [1.82, 2.24) is 5.32 Å². The largest absolute Gasteiger partial charge is 0.371 e. The van der Waals surface area contributed by atoms with Gasteiger partial charge in [-0.2, -0.15) is 0 Å². The van der Waals surface area contributed by atoms with E-state index < -0.39 is 0 Å². The zero-order chi connectivity index (χ0) is 15.1. The predicted octanol–water partition coefficient (Wildman–Crippen LogP) is 2.01. The van der Waals surface area contributed by atoms with Crippen molar-refractivity contribution < 1.29 is 9.53 Å². The summed E-state index contributed by atoms with van der Waals surface area (Å²) in [5, 5.41) is 3.24. The Labute approximate surface area is 131 Å². The molecule has 1 heterocycles. The van der Waals surface area contributed by atoms with E-state index >= 15 is 0 Å². The van der Waals surface area contributed by atoms with Crippen molar-refractivity contribution >= 4 is 5.91 Å². The van der Waals surface area contributed by atoms with Gasteiger partial charge in [-0.05, 0) is 43.1 Å². The SMILES string of the molecule is NC1C2CCC(C2)C1C(=O)NC1CCOC1c1ccccc1. The van der Waals surface area contributed by atoms with Crippen LogP contribution in [0.4, 0.5) is 0 Å². The van der Waals surface area contributed by atoms with Gasteiger partial charge in [0.05, 0.1) is 12.0 Å². The van der Waals surface area contributed by atoms with Crippen molar-refractivity contribution in [1.29, 1.82) is 0 Å². The highest BCUT2D eigenvalue weighted by molar-refractivity contribution is 5.80. The van der Waals surface area contributed by atoms with Crippen LogP contribution in [0.1, 0.15) is 37.4 Å². The summed E-state index contributed by atoms with van der Waals surface area (Å²) in [6, 6.07) is 10.3. The van der Waals surface area contributed by atoms with Crippen molar-refractivity contribution in [3.8, 4) is 0 Å². The van der Waals surface area contributed by atoms with E-state index in [4.69, 9.17) is 10.5 Å². The molecule has 6 atom stereocenters. The Balaban J connectivity index is 1.45. The maximum atomic E-state index is 12.7. The topological polar surface area (TPSA) is 64.4 Å². The molecule has 22 heavy (non-hydrogen) atoms. The number of carbonyl (C=O) groups excluding carboxylic acids is 1. The van der Waals surface area contributed by atoms with Crippen LogP contribution in [0, 0.1) is 17.8 Å². The molecular weight excluding hydrogens is 276 g/mol. The van der Waals surface area contributed by atoms with Crippen LogP contribution in [0.3, 0.4) is 0 Å². The highest BCUT2D eigenvalue weighted by Crippen LogP contribution is 2.47. The number of ether oxygens (including phenoxy) is 1. The van der Waals surface area contributed by atoms with Gasteiger partial charge in [-0.15, -0.1) is 0 Å². The van der Waals surface area contributed by atoms with Crippen LogP contribution < -0.4 is 11.1 Å². The molecule has 1 amide bonds. The normalized spacial score (nSPS) is 40.0. The number of nitrogens with two attached hydrogens (primary N) is 1. The average Bonchev–Trinajstić information content (AvgIpc) is 3.23. The molecule has 4 rings (SSSR count). The molecule has 2 aliphatic carbocycles. The van der Waals surface area contributed by atoms with Crippen LogP contribution in [-0.4, -0.2) is 24.6 Å². The molecule has 2 saturated carbocycles. The number of carbonyl (C=O) groups is 1. The molecule has 6 unspecified atom stereocenters. The van der Waals surface area contributed by atoms with Crippen molar-refractivity contribution in [2.45, 2.75) is 43.9 Å². The number of hydrogen-bond donors (Lipinski definition) is 2. The van der Waals surface area contributed by atoms with Gasteiger partial charge < -0.3 is 15.8 Å². The summed E-state index contributed by atoms with van der Waals surface area (Å²) in [7, 11) is 0. The monoisotopic (exact) mass is 300 g/mol. The Hall–Kier alpha value is -1.39. The number of amides is 1. The molecule has 3 fully saturated rings. The second kappa shape index (κ2) is 5.67. The summed E-state index contributed by atoms with van der Waals surface area (Å²) in [4.78, 5) is 12.7. The number of benzene rings is 1. The van der Waals surface area contributed by atoms with Gasteiger partial charge in [0.15, 0.2) is 0 Å². The Morgan fingerprint density at radius 3 is 2.64 bits per heavy atom. The van der Waals surface area contributed by atoms with Gasteiger partial charge in [0.1, 0.15) is 6.10 Å². The molecular formula is C18H24N2O2. The first-order valence-electron chi connectivity index (χ1n) is 8.46. The van der Waals surface area contributed by atoms with Crippen LogP contribution >= 0.6 is 0 Å². The molecule has 118 valence electrons. The van der Waals surface area contributed by atoms with E-state index in [2.05, 4.69) is 17.4 Å². The first kappa shape index (κ1) is 14.2. The summed E-state index contributed by atoms with van der Waals surface area (Å²) in [6.45, 7) is 0.702. The molecule has 0 radical (unpaired) electrons. The molecule has 4 heteroatoms. The second-order valence-corrected chi connectivity index (χ2v) is 7.04. The first-order valence-corrected chi connectivity index (χ1v) is 8.46. The Bertz CT molecular complexity index is 545. The quantitative estimate of drug-likeness (QED) is 0.897. The lowest BCUT2D eigenvalue weighted by molar-refractivity contribution is -0.128. The number of rotatable bonds is 3. The van der Waals surface area contributed by atoms with Gasteiger partial charge in [-0.3, -0.25) is 4.79 Å². The lowest BCUT2D eigenvalue weighted by atomic mass is 9.84. The van der Waals surface area contributed by atoms with Crippen LogP contribution in [0.2, 0.25) is 0 Å². The zero-order valence-electron chi connectivity index (χ0n) is 12.8. The van der Waals surface area contributed by atoms with E-state index in [1.807, 2.05) is 18.2 Å². The maximum Gasteiger partial charge on any atom is 0.225 e. The molecule has 4 nitrogen and oxygen atoms in total. The van der Waals surface area contributed by atoms with E-state index in [0.717, 1.165) is 18.4 Å². The molecule has 0 spiro atoms. The molecule has 3 aliphatic rings. The molecule has 1 aromatic rings. The van der Waals surface area contributed by atoms with Gasteiger partial charge in [0, 0.05) is 12.6 Å². The Morgan fingerprint density at radius 1 is 1.14 bits per heavy atom. The minimum Gasteiger partial charge on any atom is -0.371 e. The summed E-state index contributed by atoms with van der Waals surface area (Å²) in [6.07, 6.45) is 4.36. The van der Waals surface area contributed by atoms with Gasteiger partial charge in [0.2, 0.25) is 5.91 Å². The number of fused-ring (bicyclic) bond motifs is 2. The van der Waals surface area contributed by atoms with Crippen molar-refractivity contribution in [3.05, 3.63) is 35.9 Å². The molecule has 1 aromatic carbocycles. The van der Waals surface area contributed by atoms with Gasteiger partial charge in [0.25, 0.3) is 0 Å². The van der Waals surface area contributed by atoms with E-state index in [1.54, 1.807) is 0 Å². The molecule has 0 aromatic heterocycles. The molecule has 1 saturated heterocycles. The van der Waals surface area contributed by atoms with Crippen LogP contribution in [0.25, 0.3) is 0 Å². The first-order chi connectivity index (χ1) is 10.7. The van der Waals surface area contributed by atoms with E-state index in [9.17, 15) is 4.79 Å². The van der Waals surface area contributed by atoms with E-state index in [0.29, 0.717) is 18.4 Å². The number of hydrogen-bond acceptors (Lipinski definition) is 3. The lowest BCUT2D eigenvalue weighted by Gasteiger charge is -2.29. The molecule has 3 N–H and O–H groups in total. The third kappa shape index (κ3) is 2.34. The predicted molar refractivity (Wildman–Crippen MR) is 84.0 cm³/mol. The van der Waals surface area contributed by atoms with Gasteiger partial charge in [-0.25, -0.2) is 0 Å². The molecule has 2 bridgehead atoms. The standard InChI is InChI=1S/C18H24N2O2/c19-16-13-7-6-12(10-13)15(16)18(21)20-14-8-9-22-17(14)11-4-2-1-3-5-11/h1-5,12-17H,6-10,19H2,(H,20,21). The summed E-state index contributed by atoms with van der Waals surface area (Å²) in [5.41, 5.74) is 7.43. The maximum absolute atomic E-state index is 12.7. The second-order valence-electron chi connectivity index (χ2n) is 7.04. The lowest BCUT2D eigenvalue weighted by Crippen LogP contribution is -2.48. The third-order valence-electron chi connectivity index (χ3n) is 5.83. The van der Waals surface area contributed by atoms with Crippen LogP contribution in [-0.2, 0) is 9.53 Å². The van der Waals surface area contributed by atoms with Crippen LogP contribution in [0.15, 0.2) is 30.3 Å². The van der Waals surface area contributed by atoms with Gasteiger partial charge in [-0.1, -0.05) is 30.3 Å². The Kier molecular flexibility index (Phi) is 3.66. The zero-order valence-corrected chi connectivity index (χ0v) is 12.8. The summed E-state index contributed by atoms with van der Waals surface area (Å²) < 4.78 is 5.86. The fourth-order valence-electron chi connectivity index (χ4n) is 4.71. The van der Waals surface area contributed by atoms with Crippen molar-refractivity contribution in [2.24, 2.45) is 23.5 Å². The van der Waals surface area contributed by atoms with E-state index in [-0.39, 0.29) is 30.0 Å². The number of nitrogens with one attached hydrogen (secondary N) is 1. The fraction of sp³-hybridized carbons (Fsp3) is 0.611. The average molecular weight is 300 g/mol. The minimum atomic E-state index is -0.0278. The third-order valence-corrected chi connectivity index (χ3v) is 5.83. The molecule has 1 aliphatic heterocycles. The highest BCUT2D eigenvalue weighted by atomic mass is 16.5. The van der Waals surface area contributed by atoms with E-state index in [1.165, 1.54) is 12.8 Å². The summed E-state index contributed by atoms with van der Waals surface area (Å²) in [5.74, 6) is 1.22. The smallest absolute Gasteiger partial charge is 0.225 e.